The molecule has 0 aromatic carbocycles. The second kappa shape index (κ2) is 7.99. The van der Waals surface area contributed by atoms with Crippen LogP contribution in [0.4, 0.5) is 0 Å². The van der Waals surface area contributed by atoms with Crippen LogP contribution < -0.4 is 5.32 Å². The number of nitrogens with one attached hydrogen (secondary N) is 1. The number of piperidine rings is 1. The predicted molar refractivity (Wildman–Crippen MR) is 80.7 cm³/mol. The van der Waals surface area contributed by atoms with Crippen molar-refractivity contribution in [3.63, 3.8) is 0 Å². The molecular formula is C16H30N2O2. The molecule has 1 unspecified atom stereocenters. The Morgan fingerprint density at radius 2 is 1.85 bits per heavy atom. The Morgan fingerprint density at radius 1 is 1.20 bits per heavy atom. The molecule has 0 aromatic rings. The standard InChI is InChI=1S/C16H30N2O2/c1-3-15(20-14-7-5-4-6-8-14)16(19)18-11-9-13(17-2)10-12-18/h13-15,17H,3-12H2,1-2H3. The third-order valence-electron chi connectivity index (χ3n) is 4.77. The monoisotopic (exact) mass is 282 g/mol. The summed E-state index contributed by atoms with van der Waals surface area (Å²) < 4.78 is 6.10. The number of rotatable bonds is 5. The van der Waals surface area contributed by atoms with E-state index in [2.05, 4.69) is 12.2 Å². The van der Waals surface area contributed by atoms with Gasteiger partial charge in [0, 0.05) is 19.1 Å². The van der Waals surface area contributed by atoms with Crippen molar-refractivity contribution in [2.75, 3.05) is 20.1 Å². The molecule has 0 spiro atoms. The van der Waals surface area contributed by atoms with Crippen molar-refractivity contribution in [2.24, 2.45) is 0 Å². The Bertz CT molecular complexity index is 295. The highest BCUT2D eigenvalue weighted by Gasteiger charge is 2.29. The summed E-state index contributed by atoms with van der Waals surface area (Å²) in [7, 11) is 2.00. The van der Waals surface area contributed by atoms with Gasteiger partial charge in [-0.2, -0.15) is 0 Å². The molecule has 1 heterocycles. The van der Waals surface area contributed by atoms with Crippen molar-refractivity contribution in [2.45, 2.75) is 76.5 Å². The van der Waals surface area contributed by atoms with Crippen molar-refractivity contribution < 1.29 is 9.53 Å². The SMILES string of the molecule is CCC(OC1CCCCC1)C(=O)N1CCC(NC)CC1. The summed E-state index contributed by atoms with van der Waals surface area (Å²) >= 11 is 0. The van der Waals surface area contributed by atoms with E-state index < -0.39 is 0 Å². The zero-order valence-corrected chi connectivity index (χ0v) is 13.1. The average molecular weight is 282 g/mol. The maximum atomic E-state index is 12.6. The van der Waals surface area contributed by atoms with Gasteiger partial charge in [0.15, 0.2) is 0 Å². The molecule has 4 heteroatoms. The lowest BCUT2D eigenvalue weighted by atomic mass is 9.97. The molecule has 1 atom stereocenters. The molecule has 1 saturated heterocycles. The molecule has 2 aliphatic rings. The summed E-state index contributed by atoms with van der Waals surface area (Å²) in [4.78, 5) is 14.6. The van der Waals surface area contributed by atoms with Crippen LogP contribution in [0.15, 0.2) is 0 Å². The van der Waals surface area contributed by atoms with E-state index in [-0.39, 0.29) is 12.0 Å². The second-order valence-electron chi connectivity index (χ2n) is 6.18. The zero-order chi connectivity index (χ0) is 14.4. The first-order valence-electron chi connectivity index (χ1n) is 8.36. The van der Waals surface area contributed by atoms with E-state index in [4.69, 9.17) is 4.74 Å². The molecule has 1 saturated carbocycles. The van der Waals surface area contributed by atoms with Gasteiger partial charge in [0.25, 0.3) is 5.91 Å². The molecule has 2 rings (SSSR count). The summed E-state index contributed by atoms with van der Waals surface area (Å²) in [5, 5.41) is 3.30. The van der Waals surface area contributed by atoms with Gasteiger partial charge in [-0.25, -0.2) is 0 Å². The molecule has 1 N–H and O–H groups in total. The number of hydrogen-bond acceptors (Lipinski definition) is 3. The van der Waals surface area contributed by atoms with Crippen LogP contribution in [-0.4, -0.2) is 49.2 Å². The minimum atomic E-state index is -0.218. The molecule has 1 aliphatic carbocycles. The van der Waals surface area contributed by atoms with Crippen molar-refractivity contribution in [3.8, 4) is 0 Å². The number of carbonyl (C=O) groups is 1. The number of likely N-dealkylation sites (tertiary alicyclic amines) is 1. The van der Waals surface area contributed by atoms with E-state index in [1.165, 1.54) is 19.3 Å². The summed E-state index contributed by atoms with van der Waals surface area (Å²) in [5.74, 6) is 0.215. The van der Waals surface area contributed by atoms with Gasteiger partial charge in [0.2, 0.25) is 0 Å². The first-order chi connectivity index (χ1) is 9.74. The first-order valence-corrected chi connectivity index (χ1v) is 8.36. The summed E-state index contributed by atoms with van der Waals surface area (Å²) in [6.07, 6.45) is 9.09. The lowest BCUT2D eigenvalue weighted by molar-refractivity contribution is -0.150. The summed E-state index contributed by atoms with van der Waals surface area (Å²) in [5.41, 5.74) is 0. The minimum absolute atomic E-state index is 0.215. The lowest BCUT2D eigenvalue weighted by Gasteiger charge is -2.35. The molecular weight excluding hydrogens is 252 g/mol. The molecule has 0 bridgehead atoms. The van der Waals surface area contributed by atoms with Crippen molar-refractivity contribution >= 4 is 5.91 Å². The van der Waals surface area contributed by atoms with Crippen LogP contribution in [0, 0.1) is 0 Å². The highest BCUT2D eigenvalue weighted by Crippen LogP contribution is 2.23. The predicted octanol–water partition coefficient (Wildman–Crippen LogP) is 2.32. The maximum absolute atomic E-state index is 12.6. The fourth-order valence-corrected chi connectivity index (χ4v) is 3.35. The van der Waals surface area contributed by atoms with Crippen molar-refractivity contribution in [3.05, 3.63) is 0 Å². The van der Waals surface area contributed by atoms with Crippen LogP contribution in [-0.2, 0) is 9.53 Å². The highest BCUT2D eigenvalue weighted by atomic mass is 16.5. The van der Waals surface area contributed by atoms with Crippen LogP contribution in [0.2, 0.25) is 0 Å². The van der Waals surface area contributed by atoms with E-state index in [0.717, 1.165) is 45.2 Å². The van der Waals surface area contributed by atoms with Gasteiger partial charge in [-0.1, -0.05) is 26.2 Å². The molecule has 20 heavy (non-hydrogen) atoms. The Hall–Kier alpha value is -0.610. The maximum Gasteiger partial charge on any atom is 0.251 e. The Kier molecular flexibility index (Phi) is 6.30. The fraction of sp³-hybridized carbons (Fsp3) is 0.938. The fourth-order valence-electron chi connectivity index (χ4n) is 3.35. The van der Waals surface area contributed by atoms with E-state index in [0.29, 0.717) is 12.1 Å². The summed E-state index contributed by atoms with van der Waals surface area (Å²) in [6, 6.07) is 0.568. The van der Waals surface area contributed by atoms with Gasteiger partial charge in [-0.05, 0) is 39.2 Å². The second-order valence-corrected chi connectivity index (χ2v) is 6.18. The van der Waals surface area contributed by atoms with Crippen molar-refractivity contribution in [1.82, 2.24) is 10.2 Å². The molecule has 116 valence electrons. The molecule has 0 radical (unpaired) electrons. The third-order valence-corrected chi connectivity index (χ3v) is 4.77. The number of carbonyl (C=O) groups excluding carboxylic acids is 1. The van der Waals surface area contributed by atoms with Gasteiger partial charge in [-0.3, -0.25) is 4.79 Å². The summed E-state index contributed by atoms with van der Waals surface area (Å²) in [6.45, 7) is 3.80. The van der Waals surface area contributed by atoms with E-state index >= 15 is 0 Å². The normalized spacial score (nSPS) is 23.8. The molecule has 1 aliphatic heterocycles. The van der Waals surface area contributed by atoms with Crippen LogP contribution in [0.25, 0.3) is 0 Å². The van der Waals surface area contributed by atoms with Crippen LogP contribution in [0.5, 0.6) is 0 Å². The quantitative estimate of drug-likeness (QED) is 0.841. The number of nitrogens with zero attached hydrogens (tertiary/aromatic N) is 1. The average Bonchev–Trinajstić information content (AvgIpc) is 2.53. The van der Waals surface area contributed by atoms with Crippen LogP contribution in [0.1, 0.15) is 58.3 Å². The van der Waals surface area contributed by atoms with Gasteiger partial charge >= 0.3 is 0 Å². The number of ether oxygens (including phenoxy) is 1. The number of amides is 1. The smallest absolute Gasteiger partial charge is 0.251 e. The molecule has 4 nitrogen and oxygen atoms in total. The van der Waals surface area contributed by atoms with E-state index in [9.17, 15) is 4.79 Å². The number of hydrogen-bond donors (Lipinski definition) is 1. The topological polar surface area (TPSA) is 41.6 Å². The van der Waals surface area contributed by atoms with Gasteiger partial charge in [0.1, 0.15) is 6.10 Å². The highest BCUT2D eigenvalue weighted by molar-refractivity contribution is 5.81. The third kappa shape index (κ3) is 4.19. The Balaban J connectivity index is 1.82. The largest absolute Gasteiger partial charge is 0.365 e. The molecule has 1 amide bonds. The van der Waals surface area contributed by atoms with Gasteiger partial charge in [0.05, 0.1) is 6.10 Å². The zero-order valence-electron chi connectivity index (χ0n) is 13.1. The molecule has 0 aromatic heterocycles. The molecule has 2 fully saturated rings. The Morgan fingerprint density at radius 3 is 2.40 bits per heavy atom. The van der Waals surface area contributed by atoms with E-state index in [1.807, 2.05) is 11.9 Å². The van der Waals surface area contributed by atoms with Gasteiger partial charge in [-0.15, -0.1) is 0 Å². The van der Waals surface area contributed by atoms with Crippen molar-refractivity contribution in [1.29, 1.82) is 0 Å². The van der Waals surface area contributed by atoms with Gasteiger partial charge < -0.3 is 15.0 Å². The van der Waals surface area contributed by atoms with Crippen LogP contribution >= 0.6 is 0 Å². The lowest BCUT2D eigenvalue weighted by Crippen LogP contribution is -2.48. The van der Waals surface area contributed by atoms with E-state index in [1.54, 1.807) is 0 Å². The first kappa shape index (κ1) is 15.8. The Labute approximate surface area is 123 Å². The van der Waals surface area contributed by atoms with Crippen LogP contribution in [0.3, 0.4) is 0 Å². The minimum Gasteiger partial charge on any atom is -0.365 e.